The number of amides is 1. The van der Waals surface area contributed by atoms with Crippen molar-refractivity contribution in [3.63, 3.8) is 0 Å². The second kappa shape index (κ2) is 7.60. The number of halogens is 1. The Morgan fingerprint density at radius 2 is 2.12 bits per heavy atom. The summed E-state index contributed by atoms with van der Waals surface area (Å²) in [6.07, 6.45) is 2.00. The molecule has 1 aromatic carbocycles. The third-order valence-electron chi connectivity index (χ3n) is 5.17. The average molecular weight is 358 g/mol. The van der Waals surface area contributed by atoms with Crippen molar-refractivity contribution in [2.24, 2.45) is 5.92 Å². The summed E-state index contributed by atoms with van der Waals surface area (Å²) >= 11 is 0. The molecular formula is C20H23FN2O3. The number of hydrogen-bond acceptors (Lipinski definition) is 4. The minimum atomic E-state index is -0.307. The number of furan rings is 1. The summed E-state index contributed by atoms with van der Waals surface area (Å²) in [5.41, 5.74) is 0.711. The second-order valence-corrected chi connectivity index (χ2v) is 7.09. The zero-order chi connectivity index (χ0) is 17.9. The number of fused-ring (bicyclic) bond motifs is 1. The smallest absolute Gasteiger partial charge is 0.227 e. The molecule has 0 bridgehead atoms. The molecule has 2 atom stereocenters. The monoisotopic (exact) mass is 358 g/mol. The molecule has 1 amide bonds. The van der Waals surface area contributed by atoms with E-state index < -0.39 is 0 Å². The fraction of sp³-hybridized carbons (Fsp3) is 0.450. The summed E-state index contributed by atoms with van der Waals surface area (Å²) in [4.78, 5) is 16.8. The molecule has 4 rings (SSSR count). The molecule has 0 aliphatic carbocycles. The summed E-state index contributed by atoms with van der Waals surface area (Å²) in [5.74, 6) is 0.966. The van der Waals surface area contributed by atoms with E-state index >= 15 is 0 Å². The van der Waals surface area contributed by atoms with Gasteiger partial charge in [-0.1, -0.05) is 12.1 Å². The van der Waals surface area contributed by atoms with Crippen molar-refractivity contribution in [2.45, 2.75) is 19.1 Å². The van der Waals surface area contributed by atoms with Gasteiger partial charge in [0.2, 0.25) is 5.91 Å². The van der Waals surface area contributed by atoms with Gasteiger partial charge in [-0.3, -0.25) is 9.69 Å². The van der Waals surface area contributed by atoms with Gasteiger partial charge in [0.05, 0.1) is 31.9 Å². The van der Waals surface area contributed by atoms with Gasteiger partial charge in [-0.05, 0) is 29.8 Å². The van der Waals surface area contributed by atoms with Gasteiger partial charge in [-0.15, -0.1) is 0 Å². The van der Waals surface area contributed by atoms with Crippen LogP contribution in [0.5, 0.6) is 0 Å². The number of carbonyl (C=O) groups is 1. The predicted molar refractivity (Wildman–Crippen MR) is 93.9 cm³/mol. The first-order chi connectivity index (χ1) is 12.7. The molecule has 26 heavy (non-hydrogen) atoms. The number of benzene rings is 1. The van der Waals surface area contributed by atoms with Crippen LogP contribution in [0.4, 0.5) is 4.39 Å². The van der Waals surface area contributed by atoms with Crippen molar-refractivity contribution < 1.29 is 18.3 Å². The van der Waals surface area contributed by atoms with Crippen LogP contribution in [-0.2, 0) is 22.5 Å². The van der Waals surface area contributed by atoms with Crippen molar-refractivity contribution >= 4 is 5.91 Å². The van der Waals surface area contributed by atoms with E-state index in [-0.39, 0.29) is 24.2 Å². The molecule has 138 valence electrons. The van der Waals surface area contributed by atoms with Crippen molar-refractivity contribution in [3.8, 4) is 0 Å². The topological polar surface area (TPSA) is 45.9 Å². The van der Waals surface area contributed by atoms with E-state index in [9.17, 15) is 9.18 Å². The van der Waals surface area contributed by atoms with Crippen LogP contribution in [0.2, 0.25) is 0 Å². The maximum Gasteiger partial charge on any atom is 0.227 e. The SMILES string of the molecule is O=C(Cc1cccc(F)c1)N1C[C@H]2CN(Cc3ccco3)CCO[C@H]2C1. The molecule has 0 saturated carbocycles. The van der Waals surface area contributed by atoms with E-state index in [1.165, 1.54) is 12.1 Å². The molecule has 2 aliphatic rings. The maximum atomic E-state index is 13.3. The minimum Gasteiger partial charge on any atom is -0.468 e. The highest BCUT2D eigenvalue weighted by Gasteiger charge is 2.38. The molecule has 0 spiro atoms. The van der Waals surface area contributed by atoms with Crippen molar-refractivity contribution in [1.82, 2.24) is 9.80 Å². The van der Waals surface area contributed by atoms with Gasteiger partial charge in [0.1, 0.15) is 11.6 Å². The first-order valence-electron chi connectivity index (χ1n) is 9.06. The van der Waals surface area contributed by atoms with Crippen LogP contribution in [0.3, 0.4) is 0 Å². The van der Waals surface area contributed by atoms with Crippen molar-refractivity contribution in [3.05, 3.63) is 59.8 Å². The van der Waals surface area contributed by atoms with E-state index in [1.807, 2.05) is 17.0 Å². The van der Waals surface area contributed by atoms with Gasteiger partial charge in [-0.25, -0.2) is 4.39 Å². The molecule has 3 heterocycles. The van der Waals surface area contributed by atoms with Crippen LogP contribution in [0.15, 0.2) is 47.1 Å². The van der Waals surface area contributed by atoms with Crippen LogP contribution in [-0.4, -0.2) is 54.6 Å². The van der Waals surface area contributed by atoms with Crippen molar-refractivity contribution in [2.75, 3.05) is 32.8 Å². The number of carbonyl (C=O) groups excluding carboxylic acids is 1. The Balaban J connectivity index is 1.36. The number of rotatable bonds is 4. The summed E-state index contributed by atoms with van der Waals surface area (Å²) in [5, 5.41) is 0. The highest BCUT2D eigenvalue weighted by Crippen LogP contribution is 2.25. The van der Waals surface area contributed by atoms with E-state index in [0.29, 0.717) is 31.2 Å². The Morgan fingerprint density at radius 1 is 1.19 bits per heavy atom. The lowest BCUT2D eigenvalue weighted by Crippen LogP contribution is -2.34. The molecule has 0 N–H and O–H groups in total. The lowest BCUT2D eigenvalue weighted by atomic mass is 10.1. The zero-order valence-corrected chi connectivity index (χ0v) is 14.6. The van der Waals surface area contributed by atoms with Crippen LogP contribution < -0.4 is 0 Å². The average Bonchev–Trinajstić information content (AvgIpc) is 3.22. The number of likely N-dealkylation sites (tertiary alicyclic amines) is 1. The molecule has 2 fully saturated rings. The Bertz CT molecular complexity index is 749. The molecule has 6 heteroatoms. The number of ether oxygens (including phenoxy) is 1. The van der Waals surface area contributed by atoms with Gasteiger partial charge in [0.25, 0.3) is 0 Å². The molecular weight excluding hydrogens is 335 g/mol. The van der Waals surface area contributed by atoms with Gasteiger partial charge >= 0.3 is 0 Å². The second-order valence-electron chi connectivity index (χ2n) is 7.09. The van der Waals surface area contributed by atoms with Gasteiger partial charge in [0, 0.05) is 32.1 Å². The largest absolute Gasteiger partial charge is 0.468 e. The number of hydrogen-bond donors (Lipinski definition) is 0. The predicted octanol–water partition coefficient (Wildman–Crippen LogP) is 2.32. The first-order valence-corrected chi connectivity index (χ1v) is 9.06. The summed E-state index contributed by atoms with van der Waals surface area (Å²) in [6.45, 7) is 4.48. The fourth-order valence-corrected chi connectivity index (χ4v) is 3.87. The molecule has 1 aromatic heterocycles. The molecule has 5 nitrogen and oxygen atoms in total. The molecule has 0 radical (unpaired) electrons. The Morgan fingerprint density at radius 3 is 2.92 bits per heavy atom. The third-order valence-corrected chi connectivity index (χ3v) is 5.17. The lowest BCUT2D eigenvalue weighted by molar-refractivity contribution is -0.130. The third kappa shape index (κ3) is 3.97. The molecule has 2 aromatic rings. The van der Waals surface area contributed by atoms with E-state index in [1.54, 1.807) is 18.4 Å². The Labute approximate surface area is 152 Å². The fourth-order valence-electron chi connectivity index (χ4n) is 3.87. The van der Waals surface area contributed by atoms with Gasteiger partial charge in [-0.2, -0.15) is 0 Å². The Kier molecular flexibility index (Phi) is 5.04. The quantitative estimate of drug-likeness (QED) is 0.842. The van der Waals surface area contributed by atoms with Gasteiger partial charge in [0.15, 0.2) is 0 Å². The first kappa shape index (κ1) is 17.2. The molecule has 2 aliphatic heterocycles. The number of nitrogens with zero attached hydrogens (tertiary/aromatic N) is 2. The van der Waals surface area contributed by atoms with E-state index in [2.05, 4.69) is 4.90 Å². The zero-order valence-electron chi connectivity index (χ0n) is 14.6. The molecule has 2 saturated heterocycles. The summed E-state index contributed by atoms with van der Waals surface area (Å²) in [6, 6.07) is 10.1. The normalized spacial score (nSPS) is 23.7. The van der Waals surface area contributed by atoms with Crippen LogP contribution in [0, 0.1) is 11.7 Å². The van der Waals surface area contributed by atoms with Gasteiger partial charge < -0.3 is 14.1 Å². The highest BCUT2D eigenvalue weighted by molar-refractivity contribution is 5.79. The molecule has 0 unspecified atom stereocenters. The lowest BCUT2D eigenvalue weighted by Gasteiger charge is -2.22. The Hall–Kier alpha value is -2.18. The van der Waals surface area contributed by atoms with Crippen LogP contribution >= 0.6 is 0 Å². The minimum absolute atomic E-state index is 0.0323. The van der Waals surface area contributed by atoms with E-state index in [4.69, 9.17) is 9.15 Å². The van der Waals surface area contributed by atoms with Crippen molar-refractivity contribution in [1.29, 1.82) is 0 Å². The summed E-state index contributed by atoms with van der Waals surface area (Å²) in [7, 11) is 0. The van der Waals surface area contributed by atoms with Crippen LogP contribution in [0.1, 0.15) is 11.3 Å². The maximum absolute atomic E-state index is 13.3. The standard InChI is InChI=1S/C20H23FN2O3/c21-17-4-1-3-15(9-17)10-20(24)23-12-16-11-22(6-8-26-19(16)14-23)13-18-5-2-7-25-18/h1-5,7,9,16,19H,6,8,10-14H2/t16-,19+/m1/s1. The van der Waals surface area contributed by atoms with Crippen LogP contribution in [0.25, 0.3) is 0 Å². The summed E-state index contributed by atoms with van der Waals surface area (Å²) < 4.78 is 24.8. The highest BCUT2D eigenvalue weighted by atomic mass is 19.1. The van der Waals surface area contributed by atoms with E-state index in [0.717, 1.165) is 25.4 Å².